The van der Waals surface area contributed by atoms with Crippen molar-refractivity contribution in [3.8, 4) is 5.75 Å². The third-order valence-corrected chi connectivity index (χ3v) is 3.85. The van der Waals surface area contributed by atoms with Gasteiger partial charge in [0.05, 0.1) is 11.7 Å². The normalized spacial score (nSPS) is 19.3. The number of rotatable bonds is 6. The molecule has 0 unspecified atom stereocenters. The number of ether oxygens (including phenoxy) is 1. The average molecular weight is 264 g/mol. The maximum Gasteiger partial charge on any atom is 0.119 e. The van der Waals surface area contributed by atoms with Crippen molar-refractivity contribution in [2.24, 2.45) is 0 Å². The minimum Gasteiger partial charge on any atom is -0.491 e. The summed E-state index contributed by atoms with van der Waals surface area (Å²) in [5.74, 6) is 0.730. The molecule has 0 aliphatic heterocycles. The summed E-state index contributed by atoms with van der Waals surface area (Å²) < 4.78 is 5.70. The molecule has 3 heteroatoms. The van der Waals surface area contributed by atoms with Crippen LogP contribution in [0.1, 0.15) is 57.1 Å². The molecule has 0 bridgehead atoms. The van der Waals surface area contributed by atoms with Crippen LogP contribution in [-0.2, 0) is 0 Å². The van der Waals surface area contributed by atoms with Gasteiger partial charge in [-0.3, -0.25) is 0 Å². The summed E-state index contributed by atoms with van der Waals surface area (Å²) in [6.45, 7) is 2.40. The van der Waals surface area contributed by atoms with Gasteiger partial charge in [-0.1, -0.05) is 38.3 Å². The third kappa shape index (κ3) is 3.95. The van der Waals surface area contributed by atoms with Gasteiger partial charge in [0.25, 0.3) is 0 Å². The van der Waals surface area contributed by atoms with E-state index in [1.165, 1.54) is 0 Å². The van der Waals surface area contributed by atoms with Crippen LogP contribution in [0.25, 0.3) is 0 Å². The Morgan fingerprint density at radius 2 is 2.05 bits per heavy atom. The van der Waals surface area contributed by atoms with Crippen LogP contribution >= 0.6 is 0 Å². The largest absolute Gasteiger partial charge is 0.491 e. The topological polar surface area (TPSA) is 49.7 Å². The van der Waals surface area contributed by atoms with Crippen molar-refractivity contribution in [1.82, 2.24) is 0 Å². The molecule has 1 fully saturated rings. The predicted octanol–water partition coefficient (Wildman–Crippen LogP) is 3.20. The monoisotopic (exact) mass is 264 g/mol. The van der Waals surface area contributed by atoms with Gasteiger partial charge >= 0.3 is 0 Å². The Kier molecular flexibility index (Phi) is 4.83. The van der Waals surface area contributed by atoms with E-state index in [1.807, 2.05) is 24.3 Å². The molecule has 0 amide bonds. The Labute approximate surface area is 115 Å². The van der Waals surface area contributed by atoms with Gasteiger partial charge in [-0.05, 0) is 37.0 Å². The first kappa shape index (κ1) is 14.4. The summed E-state index contributed by atoms with van der Waals surface area (Å²) in [4.78, 5) is 0. The van der Waals surface area contributed by atoms with Crippen molar-refractivity contribution in [1.29, 1.82) is 0 Å². The number of hydrogen-bond donors (Lipinski definition) is 2. The van der Waals surface area contributed by atoms with Gasteiger partial charge < -0.3 is 14.9 Å². The predicted molar refractivity (Wildman–Crippen MR) is 75.2 cm³/mol. The zero-order valence-corrected chi connectivity index (χ0v) is 11.6. The maximum absolute atomic E-state index is 10.2. The second kappa shape index (κ2) is 6.40. The summed E-state index contributed by atoms with van der Waals surface area (Å²) in [5, 5.41) is 20.2. The molecule has 1 aliphatic rings. The first-order chi connectivity index (χ1) is 9.13. The van der Waals surface area contributed by atoms with Crippen molar-refractivity contribution < 1.29 is 14.9 Å². The molecule has 1 saturated carbocycles. The molecule has 3 nitrogen and oxygen atoms in total. The molecule has 106 valence electrons. The van der Waals surface area contributed by atoms with Crippen molar-refractivity contribution in [3.63, 3.8) is 0 Å². The summed E-state index contributed by atoms with van der Waals surface area (Å²) >= 11 is 0. The Balaban J connectivity index is 1.95. The van der Waals surface area contributed by atoms with Crippen molar-refractivity contribution in [2.75, 3.05) is 6.61 Å². The van der Waals surface area contributed by atoms with Gasteiger partial charge in [0.15, 0.2) is 0 Å². The summed E-state index contributed by atoms with van der Waals surface area (Å²) in [6.07, 6.45) is 5.09. The van der Waals surface area contributed by atoms with E-state index in [0.717, 1.165) is 49.8 Å². The van der Waals surface area contributed by atoms with Crippen LogP contribution in [0, 0.1) is 0 Å². The van der Waals surface area contributed by atoms with Crippen molar-refractivity contribution in [2.45, 2.75) is 57.2 Å². The van der Waals surface area contributed by atoms with Crippen LogP contribution < -0.4 is 4.74 Å². The van der Waals surface area contributed by atoms with E-state index in [1.54, 1.807) is 0 Å². The molecule has 1 aromatic carbocycles. The van der Waals surface area contributed by atoms with Crippen molar-refractivity contribution in [3.05, 3.63) is 29.8 Å². The molecule has 2 rings (SSSR count). The zero-order chi connectivity index (χ0) is 13.7. The van der Waals surface area contributed by atoms with Crippen LogP contribution in [0.5, 0.6) is 5.75 Å². The molecular formula is C16H24O3. The molecule has 0 aromatic heterocycles. The van der Waals surface area contributed by atoms with Crippen LogP contribution in [0.3, 0.4) is 0 Å². The molecule has 2 N–H and O–H groups in total. The molecule has 19 heavy (non-hydrogen) atoms. The fourth-order valence-electron chi connectivity index (χ4n) is 2.65. The lowest BCUT2D eigenvalue weighted by Gasteiger charge is -2.22. The fourth-order valence-corrected chi connectivity index (χ4v) is 2.65. The second-order valence-electron chi connectivity index (χ2n) is 5.60. The number of hydrogen-bond acceptors (Lipinski definition) is 3. The van der Waals surface area contributed by atoms with Gasteiger partial charge in [0, 0.05) is 0 Å². The van der Waals surface area contributed by atoms with E-state index in [9.17, 15) is 10.2 Å². The lowest BCUT2D eigenvalue weighted by molar-refractivity contribution is 0.00133. The molecule has 1 aromatic rings. The highest BCUT2D eigenvalue weighted by atomic mass is 16.5. The van der Waals surface area contributed by atoms with Gasteiger partial charge in [-0.2, -0.15) is 0 Å². The van der Waals surface area contributed by atoms with E-state index in [2.05, 4.69) is 6.92 Å². The van der Waals surface area contributed by atoms with Gasteiger partial charge in [0.1, 0.15) is 12.4 Å². The van der Waals surface area contributed by atoms with E-state index in [0.29, 0.717) is 6.61 Å². The van der Waals surface area contributed by atoms with E-state index >= 15 is 0 Å². The standard InChI is InChI=1S/C16H24O3/c1-2-6-15(17)13-7-5-8-14(11-13)19-12-16(18)9-3-4-10-16/h5,7-8,11,15,17-18H,2-4,6,9-10,12H2,1H3/t15-/m1/s1. The minimum atomic E-state index is -0.655. The van der Waals surface area contributed by atoms with E-state index in [-0.39, 0.29) is 0 Å². The molecule has 0 radical (unpaired) electrons. The van der Waals surface area contributed by atoms with E-state index < -0.39 is 11.7 Å². The third-order valence-electron chi connectivity index (χ3n) is 3.85. The Hall–Kier alpha value is -1.06. The summed E-state index contributed by atoms with van der Waals surface area (Å²) in [5.41, 5.74) is 0.232. The number of aliphatic hydroxyl groups excluding tert-OH is 1. The minimum absolute atomic E-state index is 0.348. The summed E-state index contributed by atoms with van der Waals surface area (Å²) in [6, 6.07) is 7.55. The maximum atomic E-state index is 10.2. The van der Waals surface area contributed by atoms with Gasteiger partial charge in [0.2, 0.25) is 0 Å². The molecule has 1 aliphatic carbocycles. The Morgan fingerprint density at radius 3 is 2.74 bits per heavy atom. The summed E-state index contributed by atoms with van der Waals surface area (Å²) in [7, 11) is 0. The lowest BCUT2D eigenvalue weighted by Crippen LogP contribution is -2.32. The highest BCUT2D eigenvalue weighted by Gasteiger charge is 2.31. The number of aliphatic hydroxyl groups is 2. The Bertz CT molecular complexity index is 397. The van der Waals surface area contributed by atoms with Crippen LogP contribution in [-0.4, -0.2) is 22.4 Å². The van der Waals surface area contributed by atoms with Crippen LogP contribution in [0.4, 0.5) is 0 Å². The van der Waals surface area contributed by atoms with Crippen molar-refractivity contribution >= 4 is 0 Å². The van der Waals surface area contributed by atoms with Gasteiger partial charge in [-0.15, -0.1) is 0 Å². The molecular weight excluding hydrogens is 240 g/mol. The van der Waals surface area contributed by atoms with Gasteiger partial charge in [-0.25, -0.2) is 0 Å². The first-order valence-corrected chi connectivity index (χ1v) is 7.26. The highest BCUT2D eigenvalue weighted by molar-refractivity contribution is 5.30. The fraction of sp³-hybridized carbons (Fsp3) is 0.625. The Morgan fingerprint density at radius 1 is 1.32 bits per heavy atom. The first-order valence-electron chi connectivity index (χ1n) is 7.26. The van der Waals surface area contributed by atoms with E-state index in [4.69, 9.17) is 4.74 Å². The van der Waals surface area contributed by atoms with Crippen LogP contribution in [0.15, 0.2) is 24.3 Å². The average Bonchev–Trinajstić information content (AvgIpc) is 2.85. The SMILES string of the molecule is CCC[C@@H](O)c1cccc(OCC2(O)CCCC2)c1. The molecule has 0 heterocycles. The number of benzene rings is 1. The zero-order valence-electron chi connectivity index (χ0n) is 11.6. The molecule has 0 spiro atoms. The molecule has 1 atom stereocenters. The lowest BCUT2D eigenvalue weighted by atomic mass is 10.0. The van der Waals surface area contributed by atoms with Crippen LogP contribution in [0.2, 0.25) is 0 Å². The smallest absolute Gasteiger partial charge is 0.119 e. The second-order valence-corrected chi connectivity index (χ2v) is 5.60. The molecule has 0 saturated heterocycles. The highest BCUT2D eigenvalue weighted by Crippen LogP contribution is 2.30. The quantitative estimate of drug-likeness (QED) is 0.829.